The number of ether oxygens (including phenoxy) is 1. The standard InChI is InChI=1S/C24H18F6N2O2/c1-34-12-13-5-8-16-20(9-13)32(19-4-2-3-17(21(16)19)22(31)33)11-14-6-7-15(23(25,26)27)10-18(14)24(28,29)30/h2-10H,11-12H2,1H3,(H2,31,33). The normalized spacial score (nSPS) is 12.6. The van der Waals surface area contributed by atoms with E-state index >= 15 is 0 Å². The summed E-state index contributed by atoms with van der Waals surface area (Å²) in [7, 11) is 1.49. The number of aromatic nitrogens is 1. The molecule has 1 amide bonds. The Kier molecular flexibility index (Phi) is 5.80. The van der Waals surface area contributed by atoms with E-state index in [2.05, 4.69) is 0 Å². The van der Waals surface area contributed by atoms with Crippen molar-refractivity contribution >= 4 is 27.7 Å². The zero-order chi connectivity index (χ0) is 24.8. The van der Waals surface area contributed by atoms with Gasteiger partial charge in [0, 0.05) is 35.5 Å². The predicted molar refractivity (Wildman–Crippen MR) is 114 cm³/mol. The number of primary amides is 1. The highest BCUT2D eigenvalue weighted by Gasteiger charge is 2.38. The summed E-state index contributed by atoms with van der Waals surface area (Å²) >= 11 is 0. The van der Waals surface area contributed by atoms with Gasteiger partial charge in [0.2, 0.25) is 5.91 Å². The lowest BCUT2D eigenvalue weighted by Crippen LogP contribution is -2.15. The van der Waals surface area contributed by atoms with Crippen molar-refractivity contribution in [2.75, 3.05) is 7.11 Å². The second kappa shape index (κ2) is 8.35. The van der Waals surface area contributed by atoms with Crippen LogP contribution in [0.4, 0.5) is 26.3 Å². The van der Waals surface area contributed by atoms with Crippen molar-refractivity contribution in [3.05, 3.63) is 82.4 Å². The third-order valence-corrected chi connectivity index (χ3v) is 5.60. The minimum absolute atomic E-state index is 0.119. The largest absolute Gasteiger partial charge is 0.416 e. The molecular weight excluding hydrogens is 462 g/mol. The lowest BCUT2D eigenvalue weighted by atomic mass is 10.0. The first-order chi connectivity index (χ1) is 15.9. The molecule has 4 aromatic rings. The molecule has 2 N–H and O–H groups in total. The number of carbonyl (C=O) groups excluding carboxylic acids is 1. The highest BCUT2D eigenvalue weighted by molar-refractivity contribution is 6.18. The van der Waals surface area contributed by atoms with Gasteiger partial charge in [-0.2, -0.15) is 26.3 Å². The average molecular weight is 480 g/mol. The van der Waals surface area contributed by atoms with E-state index in [0.717, 1.165) is 11.6 Å². The molecule has 0 aliphatic heterocycles. The van der Waals surface area contributed by atoms with E-state index in [4.69, 9.17) is 10.5 Å². The maximum atomic E-state index is 13.8. The molecule has 4 rings (SSSR count). The fourth-order valence-electron chi connectivity index (χ4n) is 4.15. The monoisotopic (exact) mass is 480 g/mol. The first-order valence-electron chi connectivity index (χ1n) is 10.0. The third kappa shape index (κ3) is 4.21. The number of nitrogens with two attached hydrogens (primary N) is 1. The van der Waals surface area contributed by atoms with Crippen LogP contribution in [-0.4, -0.2) is 17.6 Å². The van der Waals surface area contributed by atoms with Crippen LogP contribution in [0.25, 0.3) is 21.8 Å². The Balaban J connectivity index is 2.00. The number of fused-ring (bicyclic) bond motifs is 3. The fourth-order valence-corrected chi connectivity index (χ4v) is 4.15. The van der Waals surface area contributed by atoms with Crippen molar-refractivity contribution in [1.29, 1.82) is 0 Å². The first-order valence-corrected chi connectivity index (χ1v) is 10.0. The molecule has 178 valence electrons. The van der Waals surface area contributed by atoms with Gasteiger partial charge >= 0.3 is 12.4 Å². The molecular formula is C24H18F6N2O2. The van der Waals surface area contributed by atoms with E-state index in [9.17, 15) is 31.1 Å². The van der Waals surface area contributed by atoms with Crippen molar-refractivity contribution in [2.24, 2.45) is 5.73 Å². The quantitative estimate of drug-likeness (QED) is 0.350. The van der Waals surface area contributed by atoms with Gasteiger partial charge in [-0.25, -0.2) is 0 Å². The van der Waals surface area contributed by atoms with Gasteiger partial charge in [0.05, 0.1) is 23.3 Å². The van der Waals surface area contributed by atoms with Crippen molar-refractivity contribution in [3.8, 4) is 0 Å². The molecule has 3 aromatic carbocycles. The fraction of sp³-hybridized carbons (Fsp3) is 0.208. The van der Waals surface area contributed by atoms with Gasteiger partial charge in [0.1, 0.15) is 0 Å². The summed E-state index contributed by atoms with van der Waals surface area (Å²) in [6, 6.07) is 11.4. The molecule has 4 nitrogen and oxygen atoms in total. The average Bonchev–Trinajstić information content (AvgIpc) is 3.06. The number of alkyl halides is 6. The Labute approximate surface area is 189 Å². The molecule has 1 heterocycles. The summed E-state index contributed by atoms with van der Waals surface area (Å²) in [5.41, 5.74) is 4.24. The summed E-state index contributed by atoms with van der Waals surface area (Å²) in [4.78, 5) is 12.1. The number of amides is 1. The second-order valence-corrected chi connectivity index (χ2v) is 7.80. The minimum atomic E-state index is -5.01. The Morgan fingerprint density at radius 1 is 0.941 bits per heavy atom. The van der Waals surface area contributed by atoms with Crippen LogP contribution in [0.1, 0.15) is 32.6 Å². The summed E-state index contributed by atoms with van der Waals surface area (Å²) in [6.45, 7) is -0.153. The molecule has 0 aliphatic rings. The van der Waals surface area contributed by atoms with Crippen molar-refractivity contribution in [3.63, 3.8) is 0 Å². The van der Waals surface area contributed by atoms with Gasteiger partial charge in [-0.15, -0.1) is 0 Å². The number of hydrogen-bond donors (Lipinski definition) is 1. The van der Waals surface area contributed by atoms with Crippen LogP contribution in [0.5, 0.6) is 0 Å². The zero-order valence-corrected chi connectivity index (χ0v) is 17.7. The van der Waals surface area contributed by atoms with Gasteiger partial charge in [0.15, 0.2) is 0 Å². The highest BCUT2D eigenvalue weighted by Crippen LogP contribution is 2.39. The molecule has 0 bridgehead atoms. The maximum absolute atomic E-state index is 13.8. The minimum Gasteiger partial charge on any atom is -0.380 e. The molecule has 0 atom stereocenters. The van der Waals surface area contributed by atoms with Crippen LogP contribution >= 0.6 is 0 Å². The SMILES string of the molecule is COCc1ccc2c3c(C(N)=O)cccc3n(Cc3ccc(C(F)(F)F)cc3C(F)(F)F)c2c1. The molecule has 1 aromatic heterocycles. The molecule has 0 fully saturated rings. The van der Waals surface area contributed by atoms with Gasteiger partial charge in [-0.3, -0.25) is 4.79 Å². The Morgan fingerprint density at radius 2 is 1.68 bits per heavy atom. The number of rotatable bonds is 5. The molecule has 34 heavy (non-hydrogen) atoms. The van der Waals surface area contributed by atoms with Gasteiger partial charge in [0.25, 0.3) is 0 Å². The van der Waals surface area contributed by atoms with Gasteiger partial charge in [-0.05, 0) is 41.5 Å². The number of hydrogen-bond acceptors (Lipinski definition) is 2. The van der Waals surface area contributed by atoms with Crippen LogP contribution < -0.4 is 5.73 Å². The Morgan fingerprint density at radius 3 is 2.29 bits per heavy atom. The predicted octanol–water partition coefficient (Wildman–Crippen LogP) is 6.13. The molecule has 0 saturated heterocycles. The van der Waals surface area contributed by atoms with E-state index in [0.29, 0.717) is 27.9 Å². The number of carbonyl (C=O) groups is 1. The molecule has 0 saturated carbocycles. The van der Waals surface area contributed by atoms with Crippen molar-refractivity contribution in [2.45, 2.75) is 25.5 Å². The Bertz CT molecular complexity index is 1400. The van der Waals surface area contributed by atoms with Crippen molar-refractivity contribution < 1.29 is 35.9 Å². The molecule has 0 aliphatic carbocycles. The van der Waals surface area contributed by atoms with E-state index in [1.54, 1.807) is 30.3 Å². The summed E-state index contributed by atoms with van der Waals surface area (Å²) in [6.07, 6.45) is -9.92. The zero-order valence-electron chi connectivity index (χ0n) is 17.7. The van der Waals surface area contributed by atoms with Crippen LogP contribution in [0.2, 0.25) is 0 Å². The summed E-state index contributed by atoms with van der Waals surface area (Å²) < 4.78 is 87.2. The lowest BCUT2D eigenvalue weighted by molar-refractivity contribution is -0.143. The van der Waals surface area contributed by atoms with E-state index in [1.165, 1.54) is 17.7 Å². The van der Waals surface area contributed by atoms with Crippen LogP contribution in [0, 0.1) is 0 Å². The highest BCUT2D eigenvalue weighted by atomic mass is 19.4. The lowest BCUT2D eigenvalue weighted by Gasteiger charge is -2.17. The molecule has 0 unspecified atom stereocenters. The number of nitrogens with zero attached hydrogens (tertiary/aromatic N) is 1. The third-order valence-electron chi connectivity index (χ3n) is 5.60. The summed E-state index contributed by atoms with van der Waals surface area (Å²) in [5, 5.41) is 1.03. The Hall–Kier alpha value is -3.53. The number of halogens is 6. The molecule has 0 spiro atoms. The summed E-state index contributed by atoms with van der Waals surface area (Å²) in [5.74, 6) is -0.712. The number of benzene rings is 3. The van der Waals surface area contributed by atoms with E-state index < -0.39 is 29.4 Å². The number of methoxy groups -OCH3 is 1. The molecule has 0 radical (unpaired) electrons. The molecule has 10 heteroatoms. The second-order valence-electron chi connectivity index (χ2n) is 7.80. The topological polar surface area (TPSA) is 57.2 Å². The van der Waals surface area contributed by atoms with Gasteiger partial charge in [-0.1, -0.05) is 24.3 Å². The van der Waals surface area contributed by atoms with Crippen molar-refractivity contribution in [1.82, 2.24) is 4.57 Å². The van der Waals surface area contributed by atoms with E-state index in [1.807, 2.05) is 0 Å². The van der Waals surface area contributed by atoms with Crippen LogP contribution in [0.3, 0.4) is 0 Å². The maximum Gasteiger partial charge on any atom is 0.416 e. The smallest absolute Gasteiger partial charge is 0.380 e. The first kappa shape index (κ1) is 23.6. The van der Waals surface area contributed by atoms with Gasteiger partial charge < -0.3 is 15.0 Å². The van der Waals surface area contributed by atoms with Crippen LogP contribution in [0.15, 0.2) is 54.6 Å². The van der Waals surface area contributed by atoms with Crippen LogP contribution in [-0.2, 0) is 30.2 Å². The van der Waals surface area contributed by atoms with E-state index in [-0.39, 0.29) is 30.3 Å².